The molecule has 0 saturated heterocycles. The lowest BCUT2D eigenvalue weighted by Crippen LogP contribution is -2.07. The second kappa shape index (κ2) is 5.92. The lowest BCUT2D eigenvalue weighted by Gasteiger charge is -2.11. The summed E-state index contributed by atoms with van der Waals surface area (Å²) in [4.78, 5) is 15.7. The van der Waals surface area contributed by atoms with Gasteiger partial charge in [-0.25, -0.2) is 4.79 Å². The maximum absolute atomic E-state index is 11.7. The summed E-state index contributed by atoms with van der Waals surface area (Å²) in [6.07, 6.45) is 3.23. The summed E-state index contributed by atoms with van der Waals surface area (Å²) >= 11 is 3.31. The third-order valence-corrected chi connectivity index (χ3v) is 3.11. The van der Waals surface area contributed by atoms with Crippen LogP contribution in [0.5, 0.6) is 11.5 Å². The topological polar surface area (TPSA) is 74.4 Å². The normalized spacial score (nSPS) is 10.2. The Bertz CT molecular complexity index is 659. The molecule has 2 rings (SSSR count). The Labute approximate surface area is 124 Å². The van der Waals surface area contributed by atoms with Crippen LogP contribution in [0.2, 0.25) is 0 Å². The Balaban J connectivity index is 2.38. The van der Waals surface area contributed by atoms with Crippen LogP contribution in [0.15, 0.2) is 35.1 Å². The predicted octanol–water partition coefficient (Wildman–Crippen LogP) is 3.31. The number of anilines is 1. The summed E-state index contributed by atoms with van der Waals surface area (Å²) in [6.45, 7) is 1.80. The van der Waals surface area contributed by atoms with Gasteiger partial charge in [0.05, 0.1) is 18.9 Å². The zero-order valence-corrected chi connectivity index (χ0v) is 12.6. The molecule has 0 saturated carbocycles. The highest BCUT2D eigenvalue weighted by Crippen LogP contribution is 2.29. The van der Waals surface area contributed by atoms with Crippen molar-refractivity contribution in [2.24, 2.45) is 0 Å². The van der Waals surface area contributed by atoms with Crippen molar-refractivity contribution in [1.82, 2.24) is 4.98 Å². The average Bonchev–Trinajstić information content (AvgIpc) is 2.42. The van der Waals surface area contributed by atoms with Crippen molar-refractivity contribution in [3.63, 3.8) is 0 Å². The highest BCUT2D eigenvalue weighted by molar-refractivity contribution is 9.10. The molecule has 0 radical (unpaired) electrons. The van der Waals surface area contributed by atoms with Gasteiger partial charge in [0.15, 0.2) is 0 Å². The van der Waals surface area contributed by atoms with E-state index in [0.29, 0.717) is 17.2 Å². The number of ether oxygens (including phenoxy) is 2. The van der Waals surface area contributed by atoms with Crippen molar-refractivity contribution < 1.29 is 14.3 Å². The minimum absolute atomic E-state index is 0.283. The van der Waals surface area contributed by atoms with E-state index in [4.69, 9.17) is 15.2 Å². The maximum Gasteiger partial charge on any atom is 0.340 e. The summed E-state index contributed by atoms with van der Waals surface area (Å²) in [5.41, 5.74) is 7.28. The minimum Gasteiger partial charge on any atom is -0.465 e. The van der Waals surface area contributed by atoms with E-state index in [1.54, 1.807) is 37.5 Å². The van der Waals surface area contributed by atoms with E-state index >= 15 is 0 Å². The molecule has 5 nitrogen and oxygen atoms in total. The molecule has 0 spiro atoms. The SMILES string of the molecule is COC(=O)c1cc(Oc2cncc(Br)c2)cc(C)c1N. The second-order valence-corrected chi connectivity index (χ2v) is 5.05. The lowest BCUT2D eigenvalue weighted by atomic mass is 10.1. The molecule has 0 atom stereocenters. The van der Waals surface area contributed by atoms with E-state index in [0.717, 1.165) is 10.0 Å². The minimum atomic E-state index is -0.497. The summed E-state index contributed by atoms with van der Waals surface area (Å²) in [6, 6.07) is 5.08. The highest BCUT2D eigenvalue weighted by atomic mass is 79.9. The largest absolute Gasteiger partial charge is 0.465 e. The van der Waals surface area contributed by atoms with Gasteiger partial charge in [0.1, 0.15) is 11.5 Å². The number of benzene rings is 1. The standard InChI is InChI=1S/C14H13BrN2O3/c1-8-3-10(5-12(13(8)16)14(18)19-2)20-11-4-9(15)6-17-7-11/h3-7H,16H2,1-2H3. The Morgan fingerprint density at radius 3 is 2.65 bits per heavy atom. The van der Waals surface area contributed by atoms with Crippen molar-refractivity contribution in [2.75, 3.05) is 12.8 Å². The van der Waals surface area contributed by atoms with Gasteiger partial charge in [0, 0.05) is 16.4 Å². The number of nitrogens with zero attached hydrogens (tertiary/aromatic N) is 1. The van der Waals surface area contributed by atoms with Crippen LogP contribution in [0, 0.1) is 6.92 Å². The molecule has 0 aliphatic heterocycles. The Kier molecular flexibility index (Phi) is 4.24. The van der Waals surface area contributed by atoms with Gasteiger partial charge in [-0.15, -0.1) is 0 Å². The van der Waals surface area contributed by atoms with E-state index in [9.17, 15) is 4.79 Å². The first-order valence-corrected chi connectivity index (χ1v) is 6.57. The molecule has 104 valence electrons. The molecule has 1 heterocycles. The molecule has 0 fully saturated rings. The fourth-order valence-corrected chi connectivity index (χ4v) is 2.03. The number of pyridine rings is 1. The molecule has 20 heavy (non-hydrogen) atoms. The molecule has 6 heteroatoms. The number of hydrogen-bond donors (Lipinski definition) is 1. The first-order valence-electron chi connectivity index (χ1n) is 5.78. The zero-order valence-electron chi connectivity index (χ0n) is 11.0. The molecule has 0 amide bonds. The summed E-state index contributed by atoms with van der Waals surface area (Å²) < 4.78 is 11.2. The van der Waals surface area contributed by atoms with Gasteiger partial charge in [0.25, 0.3) is 0 Å². The fraction of sp³-hybridized carbons (Fsp3) is 0.143. The van der Waals surface area contributed by atoms with Crippen LogP contribution in [0.25, 0.3) is 0 Å². The zero-order chi connectivity index (χ0) is 14.7. The van der Waals surface area contributed by atoms with Crippen molar-refractivity contribution in [3.05, 3.63) is 46.2 Å². The number of nitrogen functional groups attached to an aromatic ring is 1. The first-order chi connectivity index (χ1) is 9.51. The predicted molar refractivity (Wildman–Crippen MR) is 78.9 cm³/mol. The average molecular weight is 337 g/mol. The van der Waals surface area contributed by atoms with Crippen molar-refractivity contribution >= 4 is 27.6 Å². The lowest BCUT2D eigenvalue weighted by molar-refractivity contribution is 0.0601. The van der Waals surface area contributed by atoms with Gasteiger partial charge in [-0.1, -0.05) is 0 Å². The van der Waals surface area contributed by atoms with Gasteiger partial charge in [0.2, 0.25) is 0 Å². The summed E-state index contributed by atoms with van der Waals surface area (Å²) in [5.74, 6) is 0.555. The second-order valence-electron chi connectivity index (χ2n) is 4.13. The third-order valence-electron chi connectivity index (χ3n) is 2.68. The number of aromatic nitrogens is 1. The van der Waals surface area contributed by atoms with Gasteiger partial charge < -0.3 is 15.2 Å². The highest BCUT2D eigenvalue weighted by Gasteiger charge is 2.14. The molecule has 0 bridgehead atoms. The van der Waals surface area contributed by atoms with Crippen LogP contribution in [-0.4, -0.2) is 18.1 Å². The van der Waals surface area contributed by atoms with E-state index in [2.05, 4.69) is 20.9 Å². The van der Waals surface area contributed by atoms with Gasteiger partial charge >= 0.3 is 5.97 Å². The number of rotatable bonds is 3. The fourth-order valence-electron chi connectivity index (χ4n) is 1.69. The monoisotopic (exact) mass is 336 g/mol. The van der Waals surface area contributed by atoms with Crippen LogP contribution in [0.3, 0.4) is 0 Å². The van der Waals surface area contributed by atoms with Crippen molar-refractivity contribution in [2.45, 2.75) is 6.92 Å². The van der Waals surface area contributed by atoms with Crippen LogP contribution in [0.1, 0.15) is 15.9 Å². The number of esters is 1. The van der Waals surface area contributed by atoms with Gasteiger partial charge in [-0.3, -0.25) is 4.98 Å². The van der Waals surface area contributed by atoms with E-state index in [1.165, 1.54) is 7.11 Å². The third kappa shape index (κ3) is 3.08. The van der Waals surface area contributed by atoms with Crippen molar-refractivity contribution in [1.29, 1.82) is 0 Å². The Morgan fingerprint density at radius 1 is 1.25 bits per heavy atom. The number of carbonyl (C=O) groups is 1. The van der Waals surface area contributed by atoms with Crippen LogP contribution >= 0.6 is 15.9 Å². The molecule has 0 aliphatic rings. The molecule has 2 N–H and O–H groups in total. The molecule has 1 aromatic heterocycles. The maximum atomic E-state index is 11.7. The number of aryl methyl sites for hydroxylation is 1. The van der Waals surface area contributed by atoms with Gasteiger partial charge in [-0.05, 0) is 46.6 Å². The molecular formula is C14H13BrN2O3. The summed E-state index contributed by atoms with van der Waals surface area (Å²) in [5, 5.41) is 0. The molecule has 0 aliphatic carbocycles. The van der Waals surface area contributed by atoms with Crippen molar-refractivity contribution in [3.8, 4) is 11.5 Å². The molecule has 1 aromatic carbocycles. The van der Waals surface area contributed by atoms with E-state index in [1.807, 2.05) is 0 Å². The summed E-state index contributed by atoms with van der Waals surface area (Å²) in [7, 11) is 1.31. The van der Waals surface area contributed by atoms with Crippen LogP contribution in [0.4, 0.5) is 5.69 Å². The first kappa shape index (κ1) is 14.3. The number of halogens is 1. The molecule has 0 unspecified atom stereocenters. The quantitative estimate of drug-likeness (QED) is 0.687. The number of hydrogen-bond acceptors (Lipinski definition) is 5. The molecular weight excluding hydrogens is 324 g/mol. The number of carbonyl (C=O) groups excluding carboxylic acids is 1. The van der Waals surface area contributed by atoms with Crippen LogP contribution in [-0.2, 0) is 4.74 Å². The van der Waals surface area contributed by atoms with E-state index < -0.39 is 5.97 Å². The Morgan fingerprint density at radius 2 is 2.00 bits per heavy atom. The molecule has 2 aromatic rings. The van der Waals surface area contributed by atoms with E-state index in [-0.39, 0.29) is 5.56 Å². The van der Waals surface area contributed by atoms with Gasteiger partial charge in [-0.2, -0.15) is 0 Å². The Hall–Kier alpha value is -2.08. The number of nitrogens with two attached hydrogens (primary N) is 1. The smallest absolute Gasteiger partial charge is 0.340 e. The van der Waals surface area contributed by atoms with Crippen LogP contribution < -0.4 is 10.5 Å². The number of methoxy groups -OCH3 is 1.